The first-order chi connectivity index (χ1) is 12.1. The Bertz CT molecular complexity index is 909. The minimum Gasteiger partial charge on any atom is -0.379 e. The Hall–Kier alpha value is -2.85. The topological polar surface area (TPSA) is 54.0 Å². The van der Waals surface area contributed by atoms with Gasteiger partial charge in [0, 0.05) is 40.1 Å². The first-order valence-electron chi connectivity index (χ1n) is 7.97. The van der Waals surface area contributed by atoms with E-state index in [1.807, 2.05) is 67.6 Å². The van der Waals surface area contributed by atoms with E-state index in [1.165, 1.54) is 6.08 Å². The Labute approximate surface area is 151 Å². The van der Waals surface area contributed by atoms with Crippen LogP contribution in [0.5, 0.6) is 0 Å². The van der Waals surface area contributed by atoms with Crippen molar-refractivity contribution in [1.82, 2.24) is 4.98 Å². The molecule has 0 fully saturated rings. The number of fused-ring (bicyclic) bond motifs is 1. The molecular weight excluding hydrogens is 334 g/mol. The molecule has 4 nitrogen and oxygen atoms in total. The number of nitrogens with zero attached hydrogens (tertiary/aromatic N) is 1. The van der Waals surface area contributed by atoms with Crippen molar-refractivity contribution in [2.75, 3.05) is 10.6 Å². The zero-order valence-corrected chi connectivity index (χ0v) is 14.5. The van der Waals surface area contributed by atoms with Crippen LogP contribution < -0.4 is 10.6 Å². The van der Waals surface area contributed by atoms with Crippen LogP contribution >= 0.6 is 11.6 Å². The Morgan fingerprint density at radius 1 is 1.16 bits per heavy atom. The first-order valence-corrected chi connectivity index (χ1v) is 8.34. The number of para-hydroxylation sites is 1. The Morgan fingerprint density at radius 2 is 1.96 bits per heavy atom. The molecule has 126 valence electrons. The fraction of sp³-hybridized carbons (Fsp3) is 0.100. The van der Waals surface area contributed by atoms with Gasteiger partial charge in [-0.05, 0) is 43.3 Å². The number of carbonyl (C=O) groups is 1. The molecule has 0 radical (unpaired) electrons. The molecule has 25 heavy (non-hydrogen) atoms. The van der Waals surface area contributed by atoms with E-state index in [1.54, 1.807) is 6.20 Å². The van der Waals surface area contributed by atoms with Crippen molar-refractivity contribution in [3.05, 3.63) is 78.0 Å². The van der Waals surface area contributed by atoms with Crippen molar-refractivity contribution >= 4 is 39.8 Å². The molecule has 2 N–H and O–H groups in total. The van der Waals surface area contributed by atoms with Gasteiger partial charge < -0.3 is 10.6 Å². The molecule has 0 spiro atoms. The molecule has 5 heteroatoms. The highest BCUT2D eigenvalue weighted by Gasteiger charge is 2.05. The molecule has 1 aromatic heterocycles. The summed E-state index contributed by atoms with van der Waals surface area (Å²) in [6.07, 6.45) is 5.09. The zero-order valence-electron chi connectivity index (χ0n) is 13.7. The fourth-order valence-corrected chi connectivity index (χ4v) is 2.64. The first kappa shape index (κ1) is 17.0. The van der Waals surface area contributed by atoms with Crippen LogP contribution in [0, 0.1) is 0 Å². The van der Waals surface area contributed by atoms with Crippen LogP contribution in [0.25, 0.3) is 10.9 Å². The van der Waals surface area contributed by atoms with Crippen molar-refractivity contribution in [1.29, 1.82) is 0 Å². The van der Waals surface area contributed by atoms with Gasteiger partial charge in [0.25, 0.3) is 0 Å². The number of hydrogen-bond donors (Lipinski definition) is 2. The van der Waals surface area contributed by atoms with E-state index in [0.29, 0.717) is 5.02 Å². The second-order valence-electron chi connectivity index (χ2n) is 5.67. The maximum atomic E-state index is 12.0. The molecule has 1 heterocycles. The van der Waals surface area contributed by atoms with E-state index in [-0.39, 0.29) is 11.9 Å². The van der Waals surface area contributed by atoms with E-state index in [9.17, 15) is 4.79 Å². The molecule has 3 aromatic rings. The van der Waals surface area contributed by atoms with Gasteiger partial charge in [0.2, 0.25) is 5.91 Å². The molecule has 3 rings (SSSR count). The van der Waals surface area contributed by atoms with Gasteiger partial charge in [-0.25, -0.2) is 0 Å². The maximum absolute atomic E-state index is 12.0. The number of hydrogen-bond acceptors (Lipinski definition) is 3. The average Bonchev–Trinajstić information content (AvgIpc) is 2.61. The molecule has 0 saturated carbocycles. The van der Waals surface area contributed by atoms with E-state index >= 15 is 0 Å². The molecule has 0 aliphatic heterocycles. The molecule has 0 aliphatic rings. The lowest BCUT2D eigenvalue weighted by molar-refractivity contribution is -0.111. The quantitative estimate of drug-likeness (QED) is 0.644. The van der Waals surface area contributed by atoms with Crippen LogP contribution in [0.15, 0.2) is 72.9 Å². The van der Waals surface area contributed by atoms with Gasteiger partial charge in [-0.2, -0.15) is 0 Å². The van der Waals surface area contributed by atoms with Crippen molar-refractivity contribution < 1.29 is 4.79 Å². The number of amides is 1. The number of aromatic nitrogens is 1. The molecule has 0 bridgehead atoms. The average molecular weight is 352 g/mol. The summed E-state index contributed by atoms with van der Waals surface area (Å²) in [5.74, 6) is -0.161. The van der Waals surface area contributed by atoms with Crippen LogP contribution in [-0.2, 0) is 4.79 Å². The Morgan fingerprint density at radius 3 is 2.76 bits per heavy atom. The van der Waals surface area contributed by atoms with Gasteiger partial charge in [0.15, 0.2) is 0 Å². The predicted molar refractivity (Wildman–Crippen MR) is 104 cm³/mol. The summed E-state index contributed by atoms with van der Waals surface area (Å²) in [6.45, 7) is 1.98. The molecule has 2 aromatic carbocycles. The van der Waals surface area contributed by atoms with Crippen molar-refractivity contribution in [2.24, 2.45) is 0 Å². The highest BCUT2D eigenvalue weighted by Crippen LogP contribution is 2.24. The van der Waals surface area contributed by atoms with E-state index in [4.69, 9.17) is 11.6 Å². The van der Waals surface area contributed by atoms with Crippen LogP contribution in [0.4, 0.5) is 11.4 Å². The summed E-state index contributed by atoms with van der Waals surface area (Å²) in [7, 11) is 0. The second-order valence-corrected chi connectivity index (χ2v) is 6.10. The number of pyridine rings is 1. The summed E-state index contributed by atoms with van der Waals surface area (Å²) in [4.78, 5) is 16.3. The Balaban J connectivity index is 1.66. The number of benzene rings is 2. The summed E-state index contributed by atoms with van der Waals surface area (Å²) < 4.78 is 0. The zero-order chi connectivity index (χ0) is 17.6. The minimum atomic E-state index is -0.161. The van der Waals surface area contributed by atoms with Gasteiger partial charge in [-0.1, -0.05) is 35.9 Å². The standard InChI is InChI=1S/C20H18ClN3O/c1-14(7-10-20(25)24-16-5-3-2-4-6-16)23-18-11-12-22-19-13-15(21)8-9-17(18)19/h2-14H,1H3,(H,22,23)(H,24,25)/b10-7+/t14-/m0/s1. The van der Waals surface area contributed by atoms with Gasteiger partial charge in [0.05, 0.1) is 5.52 Å². The van der Waals surface area contributed by atoms with Crippen molar-refractivity contribution in [2.45, 2.75) is 13.0 Å². The van der Waals surface area contributed by atoms with Crippen LogP contribution in [0.2, 0.25) is 5.02 Å². The summed E-state index contributed by atoms with van der Waals surface area (Å²) in [6, 6.07) is 16.8. The highest BCUT2D eigenvalue weighted by atomic mass is 35.5. The monoisotopic (exact) mass is 351 g/mol. The lowest BCUT2D eigenvalue weighted by Gasteiger charge is -2.13. The SMILES string of the molecule is C[C@@H](/C=C/C(=O)Nc1ccccc1)Nc1ccnc2cc(Cl)ccc12. The summed E-state index contributed by atoms with van der Waals surface area (Å²) in [5.41, 5.74) is 2.55. The van der Waals surface area contributed by atoms with Gasteiger partial charge in [-0.15, -0.1) is 0 Å². The molecule has 0 aliphatic carbocycles. The summed E-state index contributed by atoms with van der Waals surface area (Å²) in [5, 5.41) is 7.83. The fourth-order valence-electron chi connectivity index (χ4n) is 2.48. The third-order valence-electron chi connectivity index (χ3n) is 3.67. The molecule has 1 atom stereocenters. The second kappa shape index (κ2) is 7.81. The number of carbonyl (C=O) groups excluding carboxylic acids is 1. The number of rotatable bonds is 5. The lowest BCUT2D eigenvalue weighted by Crippen LogP contribution is -2.14. The van der Waals surface area contributed by atoms with Crippen molar-refractivity contribution in [3.8, 4) is 0 Å². The summed E-state index contributed by atoms with van der Waals surface area (Å²) >= 11 is 6.01. The van der Waals surface area contributed by atoms with Gasteiger partial charge in [0.1, 0.15) is 0 Å². The maximum Gasteiger partial charge on any atom is 0.248 e. The lowest BCUT2D eigenvalue weighted by atomic mass is 10.1. The predicted octanol–water partition coefficient (Wildman–Crippen LogP) is 4.88. The van der Waals surface area contributed by atoms with Gasteiger partial charge in [-0.3, -0.25) is 9.78 Å². The normalized spacial score (nSPS) is 12.2. The molecule has 1 amide bonds. The van der Waals surface area contributed by atoms with E-state index < -0.39 is 0 Å². The minimum absolute atomic E-state index is 0.0252. The molecular formula is C20H18ClN3O. The highest BCUT2D eigenvalue weighted by molar-refractivity contribution is 6.31. The molecule has 0 unspecified atom stereocenters. The number of anilines is 2. The third kappa shape index (κ3) is 4.58. The van der Waals surface area contributed by atoms with Crippen LogP contribution in [-0.4, -0.2) is 16.9 Å². The number of nitrogens with one attached hydrogen (secondary N) is 2. The van der Waals surface area contributed by atoms with E-state index in [0.717, 1.165) is 22.3 Å². The molecule has 0 saturated heterocycles. The largest absolute Gasteiger partial charge is 0.379 e. The van der Waals surface area contributed by atoms with E-state index in [2.05, 4.69) is 15.6 Å². The van der Waals surface area contributed by atoms with Gasteiger partial charge >= 0.3 is 0 Å². The van der Waals surface area contributed by atoms with Crippen LogP contribution in [0.1, 0.15) is 6.92 Å². The number of halogens is 1. The smallest absolute Gasteiger partial charge is 0.248 e. The third-order valence-corrected chi connectivity index (χ3v) is 3.90. The Kier molecular flexibility index (Phi) is 5.31. The van der Waals surface area contributed by atoms with Crippen molar-refractivity contribution in [3.63, 3.8) is 0 Å². The van der Waals surface area contributed by atoms with Crippen LogP contribution in [0.3, 0.4) is 0 Å².